The van der Waals surface area contributed by atoms with E-state index in [1.807, 2.05) is 6.92 Å². The predicted molar refractivity (Wildman–Crippen MR) is 44.1 cm³/mol. The van der Waals surface area contributed by atoms with Crippen LogP contribution in [0.25, 0.3) is 0 Å². The van der Waals surface area contributed by atoms with Crippen molar-refractivity contribution in [1.29, 1.82) is 0 Å². The Balaban J connectivity index is 2.45. The summed E-state index contributed by atoms with van der Waals surface area (Å²) < 4.78 is 5.29. The van der Waals surface area contributed by atoms with Crippen molar-refractivity contribution in [2.75, 3.05) is 13.2 Å². The molecule has 2 N–H and O–H groups in total. The lowest BCUT2D eigenvalue weighted by molar-refractivity contribution is -0.142. The van der Waals surface area contributed by atoms with Crippen LogP contribution in [0.2, 0.25) is 0 Å². The van der Waals surface area contributed by atoms with Gasteiger partial charge in [-0.15, -0.1) is 0 Å². The number of carboxylic acid groups (broad SMARTS) is 1. The summed E-state index contributed by atoms with van der Waals surface area (Å²) in [5.74, 6) is -0.816. The highest BCUT2D eigenvalue weighted by atomic mass is 16.5. The molecule has 0 aromatic carbocycles. The number of nitrogens with one attached hydrogen (secondary N) is 1. The molecule has 1 aliphatic rings. The molecule has 1 aliphatic heterocycles. The van der Waals surface area contributed by atoms with Crippen LogP contribution in [0.4, 0.5) is 0 Å². The topological polar surface area (TPSA) is 58.6 Å². The molecule has 2 unspecified atom stereocenters. The Morgan fingerprint density at radius 1 is 1.83 bits per heavy atom. The molecule has 1 saturated heterocycles. The van der Waals surface area contributed by atoms with Crippen molar-refractivity contribution < 1.29 is 14.6 Å². The molecular formula is C8H15NO3. The van der Waals surface area contributed by atoms with E-state index < -0.39 is 12.0 Å². The number of ether oxygens (including phenoxy) is 1. The van der Waals surface area contributed by atoms with Gasteiger partial charge in [0.25, 0.3) is 0 Å². The first-order valence-electron chi connectivity index (χ1n) is 4.33. The highest BCUT2D eigenvalue weighted by Crippen LogP contribution is 2.15. The summed E-state index contributed by atoms with van der Waals surface area (Å²) in [5.41, 5.74) is 0. The smallest absolute Gasteiger partial charge is 0.323 e. The van der Waals surface area contributed by atoms with Crippen LogP contribution in [0.3, 0.4) is 0 Å². The summed E-state index contributed by atoms with van der Waals surface area (Å²) in [7, 11) is 0. The Morgan fingerprint density at radius 3 is 3.00 bits per heavy atom. The van der Waals surface area contributed by atoms with Gasteiger partial charge in [0, 0.05) is 6.61 Å². The Morgan fingerprint density at radius 2 is 2.58 bits per heavy atom. The SMILES string of the molecule is CCNC(C(=O)O)C1CCCO1. The third-order valence-electron chi connectivity index (χ3n) is 2.03. The molecule has 12 heavy (non-hydrogen) atoms. The van der Waals surface area contributed by atoms with Crippen LogP contribution >= 0.6 is 0 Å². The standard InChI is InChI=1S/C8H15NO3/c1-2-9-7(8(10)11)6-4-3-5-12-6/h6-7,9H,2-5H2,1H3,(H,10,11). The number of hydrogen-bond acceptors (Lipinski definition) is 3. The van der Waals surface area contributed by atoms with Crippen molar-refractivity contribution >= 4 is 5.97 Å². The lowest BCUT2D eigenvalue weighted by Crippen LogP contribution is -2.45. The highest BCUT2D eigenvalue weighted by Gasteiger charge is 2.30. The molecule has 70 valence electrons. The molecule has 0 saturated carbocycles. The molecule has 2 atom stereocenters. The van der Waals surface area contributed by atoms with Crippen LogP contribution in [0.1, 0.15) is 19.8 Å². The molecule has 4 nitrogen and oxygen atoms in total. The third kappa shape index (κ3) is 2.19. The summed E-state index contributed by atoms with van der Waals surface area (Å²) in [6.07, 6.45) is 1.69. The fraction of sp³-hybridized carbons (Fsp3) is 0.875. The third-order valence-corrected chi connectivity index (χ3v) is 2.03. The van der Waals surface area contributed by atoms with E-state index >= 15 is 0 Å². The normalized spacial score (nSPS) is 25.6. The molecule has 0 aromatic rings. The van der Waals surface area contributed by atoms with E-state index in [1.54, 1.807) is 0 Å². The Labute approximate surface area is 71.9 Å². The van der Waals surface area contributed by atoms with Crippen LogP contribution in [-0.4, -0.2) is 36.4 Å². The maximum atomic E-state index is 10.7. The molecule has 0 bridgehead atoms. The first kappa shape index (κ1) is 9.48. The summed E-state index contributed by atoms with van der Waals surface area (Å²) in [6, 6.07) is -0.530. The first-order valence-corrected chi connectivity index (χ1v) is 4.33. The quantitative estimate of drug-likeness (QED) is 0.639. The lowest BCUT2D eigenvalue weighted by atomic mass is 10.1. The van der Waals surface area contributed by atoms with Gasteiger partial charge in [-0.3, -0.25) is 4.79 Å². The van der Waals surface area contributed by atoms with Gasteiger partial charge < -0.3 is 15.2 Å². The molecule has 4 heteroatoms. The average molecular weight is 173 g/mol. The number of rotatable bonds is 4. The minimum Gasteiger partial charge on any atom is -0.480 e. The molecule has 0 aromatic heterocycles. The maximum absolute atomic E-state index is 10.7. The molecule has 1 rings (SSSR count). The summed E-state index contributed by atoms with van der Waals surface area (Å²) >= 11 is 0. The zero-order valence-electron chi connectivity index (χ0n) is 7.25. The lowest BCUT2D eigenvalue weighted by Gasteiger charge is -2.18. The largest absolute Gasteiger partial charge is 0.480 e. The molecule has 0 aliphatic carbocycles. The molecule has 0 amide bonds. The van der Waals surface area contributed by atoms with Crippen LogP contribution in [0.5, 0.6) is 0 Å². The zero-order chi connectivity index (χ0) is 8.97. The van der Waals surface area contributed by atoms with Crippen LogP contribution < -0.4 is 5.32 Å². The number of hydrogen-bond donors (Lipinski definition) is 2. The van der Waals surface area contributed by atoms with E-state index in [0.717, 1.165) is 12.8 Å². The van der Waals surface area contributed by atoms with Gasteiger partial charge in [0.05, 0.1) is 6.10 Å². The van der Waals surface area contributed by atoms with Gasteiger partial charge in [0.1, 0.15) is 6.04 Å². The second-order valence-corrected chi connectivity index (χ2v) is 2.93. The van der Waals surface area contributed by atoms with Crippen molar-refractivity contribution in [3.05, 3.63) is 0 Å². The minimum atomic E-state index is -0.816. The van der Waals surface area contributed by atoms with E-state index in [-0.39, 0.29) is 6.10 Å². The molecular weight excluding hydrogens is 158 g/mol. The van der Waals surface area contributed by atoms with Crippen LogP contribution in [-0.2, 0) is 9.53 Å². The Kier molecular flexibility index (Phi) is 3.49. The first-order chi connectivity index (χ1) is 5.75. The highest BCUT2D eigenvalue weighted by molar-refractivity contribution is 5.74. The summed E-state index contributed by atoms with van der Waals surface area (Å²) in [6.45, 7) is 3.25. The Bertz CT molecular complexity index is 154. The van der Waals surface area contributed by atoms with Crippen LogP contribution in [0, 0.1) is 0 Å². The van der Waals surface area contributed by atoms with Crippen molar-refractivity contribution in [3.63, 3.8) is 0 Å². The van der Waals surface area contributed by atoms with Crippen molar-refractivity contribution in [2.45, 2.75) is 31.9 Å². The van der Waals surface area contributed by atoms with E-state index in [2.05, 4.69) is 5.32 Å². The van der Waals surface area contributed by atoms with E-state index in [0.29, 0.717) is 13.2 Å². The molecule has 1 fully saturated rings. The van der Waals surface area contributed by atoms with Crippen LogP contribution in [0.15, 0.2) is 0 Å². The van der Waals surface area contributed by atoms with Gasteiger partial charge >= 0.3 is 5.97 Å². The van der Waals surface area contributed by atoms with Gasteiger partial charge in [-0.05, 0) is 19.4 Å². The van der Waals surface area contributed by atoms with Crippen molar-refractivity contribution in [2.24, 2.45) is 0 Å². The van der Waals surface area contributed by atoms with Gasteiger partial charge in [-0.25, -0.2) is 0 Å². The Hall–Kier alpha value is -0.610. The van der Waals surface area contributed by atoms with Gasteiger partial charge in [0.15, 0.2) is 0 Å². The average Bonchev–Trinajstić information content (AvgIpc) is 2.51. The zero-order valence-corrected chi connectivity index (χ0v) is 7.25. The van der Waals surface area contributed by atoms with E-state index in [1.165, 1.54) is 0 Å². The maximum Gasteiger partial charge on any atom is 0.323 e. The molecule has 0 radical (unpaired) electrons. The van der Waals surface area contributed by atoms with Crippen molar-refractivity contribution in [1.82, 2.24) is 5.32 Å². The molecule has 0 spiro atoms. The van der Waals surface area contributed by atoms with E-state index in [4.69, 9.17) is 9.84 Å². The number of likely N-dealkylation sites (N-methyl/N-ethyl adjacent to an activating group) is 1. The predicted octanol–water partition coefficient (Wildman–Crippen LogP) is 0.228. The minimum absolute atomic E-state index is 0.137. The number of carboxylic acids is 1. The number of aliphatic carboxylic acids is 1. The fourth-order valence-corrected chi connectivity index (χ4v) is 1.46. The number of carbonyl (C=O) groups is 1. The second kappa shape index (κ2) is 4.42. The molecule has 1 heterocycles. The summed E-state index contributed by atoms with van der Waals surface area (Å²) in [5, 5.41) is 11.7. The van der Waals surface area contributed by atoms with Gasteiger partial charge in [-0.1, -0.05) is 6.92 Å². The van der Waals surface area contributed by atoms with Crippen molar-refractivity contribution in [3.8, 4) is 0 Å². The monoisotopic (exact) mass is 173 g/mol. The van der Waals surface area contributed by atoms with Gasteiger partial charge in [-0.2, -0.15) is 0 Å². The summed E-state index contributed by atoms with van der Waals surface area (Å²) in [4.78, 5) is 10.7. The van der Waals surface area contributed by atoms with Gasteiger partial charge in [0.2, 0.25) is 0 Å². The fourth-order valence-electron chi connectivity index (χ4n) is 1.46. The second-order valence-electron chi connectivity index (χ2n) is 2.93. The van der Waals surface area contributed by atoms with E-state index in [9.17, 15) is 4.79 Å².